The van der Waals surface area contributed by atoms with Crippen LogP contribution in [0.25, 0.3) is 0 Å². The van der Waals surface area contributed by atoms with Crippen molar-refractivity contribution in [3.63, 3.8) is 0 Å². The summed E-state index contributed by atoms with van der Waals surface area (Å²) in [6, 6.07) is 0. The van der Waals surface area contributed by atoms with Gasteiger partial charge in [-0.25, -0.2) is 0 Å². The number of allylic oxidation sites excluding steroid dienone is 7. The Balaban J connectivity index is 4.19. The Bertz CT molecular complexity index is 753. The SMILES string of the molecule is CCC/C=C\C/C=C\CCCCCCCC(=O)OC(/C=C\C/C=C\CCC)CCCCCCC(=O)NCC(=O)O. The van der Waals surface area contributed by atoms with Crippen molar-refractivity contribution in [2.75, 3.05) is 6.54 Å². The maximum atomic E-state index is 12.5. The van der Waals surface area contributed by atoms with Crippen LogP contribution in [0.1, 0.15) is 136 Å². The number of nitrogens with one attached hydrogen (secondary N) is 1. The Labute approximate surface area is 244 Å². The number of esters is 1. The van der Waals surface area contributed by atoms with E-state index in [0.717, 1.165) is 89.9 Å². The first-order chi connectivity index (χ1) is 19.5. The molecule has 1 unspecified atom stereocenters. The standard InChI is InChI=1S/C34H57NO5/c1-3-5-7-9-11-12-13-14-15-16-17-19-25-29-34(39)40-31(26-22-18-10-8-6-4-2)27-23-20-21-24-28-32(36)35-30-33(37)38/h7-10,12-13,22,26,31H,3-6,11,14-21,23-25,27-30H2,1-2H3,(H,35,36)(H,37,38)/b9-7-,10-8-,13-12-,26-22-. The highest BCUT2D eigenvalue weighted by molar-refractivity contribution is 5.80. The van der Waals surface area contributed by atoms with Crippen LogP contribution < -0.4 is 5.32 Å². The lowest BCUT2D eigenvalue weighted by atomic mass is 10.1. The summed E-state index contributed by atoms with van der Waals surface area (Å²) in [7, 11) is 0. The number of carbonyl (C=O) groups is 3. The van der Waals surface area contributed by atoms with Crippen molar-refractivity contribution >= 4 is 17.8 Å². The molecular weight excluding hydrogens is 502 g/mol. The van der Waals surface area contributed by atoms with E-state index < -0.39 is 5.97 Å². The second-order valence-corrected chi connectivity index (χ2v) is 10.3. The van der Waals surface area contributed by atoms with E-state index >= 15 is 0 Å². The Hall–Kier alpha value is -2.63. The minimum atomic E-state index is -1.03. The third kappa shape index (κ3) is 28.4. The van der Waals surface area contributed by atoms with Gasteiger partial charge in [0.1, 0.15) is 12.6 Å². The maximum Gasteiger partial charge on any atom is 0.322 e. The molecule has 0 aliphatic rings. The molecule has 0 spiro atoms. The van der Waals surface area contributed by atoms with E-state index in [1.165, 1.54) is 19.3 Å². The quantitative estimate of drug-likeness (QED) is 0.0596. The fraction of sp³-hybridized carbons (Fsp3) is 0.676. The van der Waals surface area contributed by atoms with E-state index in [0.29, 0.717) is 12.8 Å². The fourth-order valence-corrected chi connectivity index (χ4v) is 4.09. The summed E-state index contributed by atoms with van der Waals surface area (Å²) in [4.78, 5) is 34.6. The number of carbonyl (C=O) groups excluding carboxylic acids is 2. The van der Waals surface area contributed by atoms with Gasteiger partial charge in [-0.1, -0.05) is 101 Å². The predicted octanol–water partition coefficient (Wildman–Crippen LogP) is 8.78. The number of unbranched alkanes of at least 4 members (excludes halogenated alkanes) is 10. The van der Waals surface area contributed by atoms with E-state index in [2.05, 4.69) is 61.7 Å². The van der Waals surface area contributed by atoms with Crippen molar-refractivity contribution in [1.82, 2.24) is 5.32 Å². The summed E-state index contributed by atoms with van der Waals surface area (Å²) in [5.41, 5.74) is 0. The first-order valence-corrected chi connectivity index (χ1v) is 15.8. The number of rotatable bonds is 27. The normalized spacial score (nSPS) is 12.7. The molecule has 0 aliphatic carbocycles. The zero-order chi connectivity index (χ0) is 29.5. The van der Waals surface area contributed by atoms with Crippen LogP contribution in [0.4, 0.5) is 0 Å². The second-order valence-electron chi connectivity index (χ2n) is 10.3. The number of carboxylic acids is 1. The van der Waals surface area contributed by atoms with Crippen molar-refractivity contribution in [3.8, 4) is 0 Å². The molecule has 0 fully saturated rings. The number of aliphatic carboxylic acids is 1. The molecule has 228 valence electrons. The van der Waals surface area contributed by atoms with Gasteiger partial charge in [-0.2, -0.15) is 0 Å². The minimum absolute atomic E-state index is 0.120. The van der Waals surface area contributed by atoms with Crippen molar-refractivity contribution < 1.29 is 24.2 Å². The molecule has 1 amide bonds. The van der Waals surface area contributed by atoms with Crippen LogP contribution >= 0.6 is 0 Å². The minimum Gasteiger partial charge on any atom is -0.480 e. The van der Waals surface area contributed by atoms with Crippen LogP contribution in [0.15, 0.2) is 48.6 Å². The molecule has 0 radical (unpaired) electrons. The van der Waals surface area contributed by atoms with Crippen molar-refractivity contribution in [2.45, 2.75) is 142 Å². The van der Waals surface area contributed by atoms with Gasteiger partial charge in [0.05, 0.1) is 0 Å². The summed E-state index contributed by atoms with van der Waals surface area (Å²) in [5, 5.41) is 11.0. The van der Waals surface area contributed by atoms with E-state index in [9.17, 15) is 14.4 Å². The van der Waals surface area contributed by atoms with Crippen LogP contribution in [-0.4, -0.2) is 35.6 Å². The highest BCUT2D eigenvalue weighted by atomic mass is 16.5. The lowest BCUT2D eigenvalue weighted by Crippen LogP contribution is -2.28. The largest absolute Gasteiger partial charge is 0.480 e. The van der Waals surface area contributed by atoms with E-state index in [1.54, 1.807) is 0 Å². The van der Waals surface area contributed by atoms with E-state index in [1.807, 2.05) is 6.08 Å². The second kappa shape index (κ2) is 29.4. The highest BCUT2D eigenvalue weighted by Crippen LogP contribution is 2.14. The Morgan fingerprint density at radius 2 is 1.23 bits per heavy atom. The Morgan fingerprint density at radius 3 is 1.88 bits per heavy atom. The van der Waals surface area contributed by atoms with Gasteiger partial charge in [0.25, 0.3) is 0 Å². The topological polar surface area (TPSA) is 92.7 Å². The summed E-state index contributed by atoms with van der Waals surface area (Å²) < 4.78 is 5.80. The molecule has 6 nitrogen and oxygen atoms in total. The molecule has 0 aliphatic heterocycles. The smallest absolute Gasteiger partial charge is 0.322 e. The molecule has 0 heterocycles. The average molecular weight is 560 g/mol. The first kappa shape index (κ1) is 37.4. The first-order valence-electron chi connectivity index (χ1n) is 15.8. The van der Waals surface area contributed by atoms with Crippen LogP contribution in [0.3, 0.4) is 0 Å². The monoisotopic (exact) mass is 559 g/mol. The number of ether oxygens (including phenoxy) is 1. The molecular formula is C34H57NO5. The Kier molecular flexibility index (Phi) is 27.4. The number of hydrogen-bond acceptors (Lipinski definition) is 4. The number of hydrogen-bond donors (Lipinski definition) is 2. The predicted molar refractivity (Wildman–Crippen MR) is 166 cm³/mol. The molecule has 1 atom stereocenters. The van der Waals surface area contributed by atoms with Crippen LogP contribution in [0.5, 0.6) is 0 Å². The van der Waals surface area contributed by atoms with Gasteiger partial charge in [0.15, 0.2) is 0 Å². The molecule has 6 heteroatoms. The molecule has 0 aromatic heterocycles. The van der Waals surface area contributed by atoms with Gasteiger partial charge in [-0.15, -0.1) is 0 Å². The average Bonchev–Trinajstić information content (AvgIpc) is 2.93. The van der Waals surface area contributed by atoms with Gasteiger partial charge in [-0.05, 0) is 70.3 Å². The van der Waals surface area contributed by atoms with Crippen molar-refractivity contribution in [3.05, 3.63) is 48.6 Å². The van der Waals surface area contributed by atoms with Gasteiger partial charge < -0.3 is 15.2 Å². The summed E-state index contributed by atoms with van der Waals surface area (Å²) in [6.45, 7) is 4.02. The third-order valence-electron chi connectivity index (χ3n) is 6.42. The Morgan fingerprint density at radius 1 is 0.675 bits per heavy atom. The number of amides is 1. The van der Waals surface area contributed by atoms with Crippen LogP contribution in [0.2, 0.25) is 0 Å². The third-order valence-corrected chi connectivity index (χ3v) is 6.42. The van der Waals surface area contributed by atoms with Crippen molar-refractivity contribution in [1.29, 1.82) is 0 Å². The maximum absolute atomic E-state index is 12.5. The zero-order valence-electron chi connectivity index (χ0n) is 25.4. The van der Waals surface area contributed by atoms with Gasteiger partial charge in [0, 0.05) is 12.8 Å². The molecule has 0 saturated heterocycles. The zero-order valence-corrected chi connectivity index (χ0v) is 25.4. The van der Waals surface area contributed by atoms with Crippen LogP contribution in [0, 0.1) is 0 Å². The molecule has 0 saturated carbocycles. The molecule has 40 heavy (non-hydrogen) atoms. The summed E-state index contributed by atoms with van der Waals surface area (Å²) in [5.74, 6) is -1.38. The molecule has 0 aromatic rings. The highest BCUT2D eigenvalue weighted by Gasteiger charge is 2.11. The molecule has 0 aromatic carbocycles. The van der Waals surface area contributed by atoms with Gasteiger partial charge >= 0.3 is 11.9 Å². The fourth-order valence-electron chi connectivity index (χ4n) is 4.09. The molecule has 0 bridgehead atoms. The summed E-state index contributed by atoms with van der Waals surface area (Å²) >= 11 is 0. The molecule has 2 N–H and O–H groups in total. The van der Waals surface area contributed by atoms with E-state index in [-0.39, 0.29) is 24.5 Å². The van der Waals surface area contributed by atoms with E-state index in [4.69, 9.17) is 9.84 Å². The van der Waals surface area contributed by atoms with Crippen LogP contribution in [-0.2, 0) is 19.1 Å². The molecule has 0 rings (SSSR count). The van der Waals surface area contributed by atoms with Gasteiger partial charge in [-0.3, -0.25) is 14.4 Å². The lowest BCUT2D eigenvalue weighted by molar-refractivity contribution is -0.147. The lowest BCUT2D eigenvalue weighted by Gasteiger charge is -2.14. The number of carboxylic acid groups (broad SMARTS) is 1. The summed E-state index contributed by atoms with van der Waals surface area (Å²) in [6.07, 6.45) is 35.3. The van der Waals surface area contributed by atoms with Crippen molar-refractivity contribution in [2.24, 2.45) is 0 Å². The van der Waals surface area contributed by atoms with Gasteiger partial charge in [0.2, 0.25) is 5.91 Å².